The fourth-order valence-corrected chi connectivity index (χ4v) is 1.67. The van der Waals surface area contributed by atoms with Crippen LogP contribution < -0.4 is 10.6 Å². The van der Waals surface area contributed by atoms with Gasteiger partial charge in [-0.25, -0.2) is 4.79 Å². The van der Waals surface area contributed by atoms with E-state index >= 15 is 0 Å². The van der Waals surface area contributed by atoms with E-state index in [1.807, 2.05) is 13.8 Å². The zero-order valence-electron chi connectivity index (χ0n) is 11.5. The third kappa shape index (κ3) is 5.09. The van der Waals surface area contributed by atoms with Crippen LogP contribution in [0.4, 0.5) is 4.79 Å². The van der Waals surface area contributed by atoms with Crippen molar-refractivity contribution in [2.75, 3.05) is 6.54 Å². The van der Waals surface area contributed by atoms with E-state index in [-0.39, 0.29) is 18.6 Å². The quantitative estimate of drug-likeness (QED) is 0.778. The van der Waals surface area contributed by atoms with Crippen LogP contribution in [0.15, 0.2) is 24.3 Å². The highest BCUT2D eigenvalue weighted by Gasteiger charge is 2.23. The fraction of sp³-hybridized carbons (Fsp3) is 0.500. The molecular formula is C14H21ClN2O2. The lowest BCUT2D eigenvalue weighted by molar-refractivity contribution is 0.0593. The molecule has 3 N–H and O–H groups in total. The Morgan fingerprint density at radius 1 is 1.42 bits per heavy atom. The van der Waals surface area contributed by atoms with Crippen molar-refractivity contribution in [1.82, 2.24) is 10.6 Å². The van der Waals surface area contributed by atoms with Crippen LogP contribution >= 0.6 is 11.6 Å². The van der Waals surface area contributed by atoms with Gasteiger partial charge in [0, 0.05) is 11.1 Å². The first kappa shape index (κ1) is 15.8. The molecule has 0 aliphatic carbocycles. The predicted molar refractivity (Wildman–Crippen MR) is 77.3 cm³/mol. The minimum Gasteiger partial charge on any atom is -0.384 e. The molecule has 0 spiro atoms. The van der Waals surface area contributed by atoms with E-state index in [0.29, 0.717) is 10.6 Å². The summed E-state index contributed by atoms with van der Waals surface area (Å²) in [6.45, 7) is 5.71. The van der Waals surface area contributed by atoms with Gasteiger partial charge in [-0.1, -0.05) is 30.7 Å². The van der Waals surface area contributed by atoms with Gasteiger partial charge in [-0.3, -0.25) is 0 Å². The molecule has 0 aliphatic rings. The lowest BCUT2D eigenvalue weighted by Crippen LogP contribution is -2.45. The molecule has 2 atom stereocenters. The molecule has 0 bridgehead atoms. The average Bonchev–Trinajstić information content (AvgIpc) is 2.37. The number of nitrogens with one attached hydrogen (secondary N) is 2. The second-order valence-corrected chi connectivity index (χ2v) is 5.35. The largest absolute Gasteiger partial charge is 0.384 e. The van der Waals surface area contributed by atoms with E-state index in [2.05, 4.69) is 10.6 Å². The summed E-state index contributed by atoms with van der Waals surface area (Å²) >= 11 is 5.80. The molecule has 0 saturated heterocycles. The first-order valence-corrected chi connectivity index (χ1v) is 6.75. The molecule has 0 radical (unpaired) electrons. The molecule has 2 unspecified atom stereocenters. The molecule has 0 aromatic heterocycles. The van der Waals surface area contributed by atoms with Gasteiger partial charge >= 0.3 is 6.03 Å². The first-order valence-electron chi connectivity index (χ1n) is 6.38. The summed E-state index contributed by atoms with van der Waals surface area (Å²) in [5.74, 6) is 0. The Balaban J connectivity index is 2.55. The average molecular weight is 285 g/mol. The number of benzene rings is 1. The normalized spacial score (nSPS) is 15.4. The van der Waals surface area contributed by atoms with E-state index in [4.69, 9.17) is 11.6 Å². The molecule has 0 heterocycles. The third-order valence-electron chi connectivity index (χ3n) is 3.05. The second kappa shape index (κ2) is 6.78. The number of amides is 2. The highest BCUT2D eigenvalue weighted by atomic mass is 35.5. The lowest BCUT2D eigenvalue weighted by atomic mass is 9.96. The first-order chi connectivity index (χ1) is 8.85. The highest BCUT2D eigenvalue weighted by molar-refractivity contribution is 6.30. The topological polar surface area (TPSA) is 61.4 Å². The van der Waals surface area contributed by atoms with Gasteiger partial charge in [-0.15, -0.1) is 0 Å². The van der Waals surface area contributed by atoms with Gasteiger partial charge < -0.3 is 15.7 Å². The molecule has 5 heteroatoms. The molecule has 0 fully saturated rings. The minimum absolute atomic E-state index is 0.112. The fourth-order valence-electron chi connectivity index (χ4n) is 1.54. The molecule has 2 amide bonds. The lowest BCUT2D eigenvalue weighted by Gasteiger charge is -2.25. The highest BCUT2D eigenvalue weighted by Crippen LogP contribution is 2.21. The number of halogens is 1. The summed E-state index contributed by atoms with van der Waals surface area (Å²) in [7, 11) is 0. The van der Waals surface area contributed by atoms with Gasteiger partial charge in [-0.05, 0) is 38.0 Å². The van der Waals surface area contributed by atoms with E-state index in [0.717, 1.165) is 6.42 Å². The number of carbonyl (C=O) groups excluding carboxylic acids is 1. The molecule has 1 aromatic carbocycles. The SMILES string of the molecule is CCC(C)NC(=O)NCC(C)(O)c1ccc(Cl)cc1. The van der Waals surface area contributed by atoms with Crippen molar-refractivity contribution < 1.29 is 9.90 Å². The smallest absolute Gasteiger partial charge is 0.315 e. The van der Waals surface area contributed by atoms with Crippen LogP contribution in [-0.4, -0.2) is 23.7 Å². The Labute approximate surface area is 119 Å². The molecule has 1 rings (SSSR count). The predicted octanol–water partition coefficient (Wildman–Crippen LogP) is 2.65. The summed E-state index contributed by atoms with van der Waals surface area (Å²) in [5.41, 5.74) is -0.419. The minimum atomic E-state index is -1.13. The van der Waals surface area contributed by atoms with E-state index in [1.54, 1.807) is 31.2 Å². The van der Waals surface area contributed by atoms with Gasteiger partial charge in [-0.2, -0.15) is 0 Å². The summed E-state index contributed by atoms with van der Waals surface area (Å²) in [5, 5.41) is 16.4. The van der Waals surface area contributed by atoms with Crippen LogP contribution in [0.1, 0.15) is 32.8 Å². The van der Waals surface area contributed by atoms with Gasteiger partial charge in [0.25, 0.3) is 0 Å². The molecular weight excluding hydrogens is 264 g/mol. The molecule has 4 nitrogen and oxygen atoms in total. The monoisotopic (exact) mass is 284 g/mol. The van der Waals surface area contributed by atoms with E-state index in [9.17, 15) is 9.90 Å². The maximum absolute atomic E-state index is 11.6. The van der Waals surface area contributed by atoms with Crippen molar-refractivity contribution in [3.63, 3.8) is 0 Å². The van der Waals surface area contributed by atoms with Crippen LogP contribution in [0.25, 0.3) is 0 Å². The summed E-state index contributed by atoms with van der Waals surface area (Å²) < 4.78 is 0. The number of urea groups is 1. The van der Waals surface area contributed by atoms with Crippen molar-refractivity contribution in [1.29, 1.82) is 0 Å². The van der Waals surface area contributed by atoms with E-state index < -0.39 is 5.60 Å². The van der Waals surface area contributed by atoms with Crippen LogP contribution in [0, 0.1) is 0 Å². The Morgan fingerprint density at radius 2 is 2.00 bits per heavy atom. The number of hydrogen-bond acceptors (Lipinski definition) is 2. The van der Waals surface area contributed by atoms with Crippen molar-refractivity contribution in [2.24, 2.45) is 0 Å². The van der Waals surface area contributed by atoms with Crippen LogP contribution in [0.2, 0.25) is 5.02 Å². The van der Waals surface area contributed by atoms with Crippen LogP contribution in [0.3, 0.4) is 0 Å². The standard InChI is InChI=1S/C14H21ClN2O2/c1-4-10(2)17-13(18)16-9-14(3,19)11-5-7-12(15)8-6-11/h5-8,10,19H,4,9H2,1-3H3,(H2,16,17,18). The summed E-state index contributed by atoms with van der Waals surface area (Å²) in [6.07, 6.45) is 0.862. The Hall–Kier alpha value is -1.26. The second-order valence-electron chi connectivity index (χ2n) is 4.92. The third-order valence-corrected chi connectivity index (χ3v) is 3.30. The van der Waals surface area contributed by atoms with Crippen LogP contribution in [0.5, 0.6) is 0 Å². The summed E-state index contributed by atoms with van der Waals surface area (Å²) in [4.78, 5) is 11.6. The molecule has 106 valence electrons. The van der Waals surface area contributed by atoms with Crippen molar-refractivity contribution in [3.05, 3.63) is 34.9 Å². The van der Waals surface area contributed by atoms with Crippen molar-refractivity contribution in [3.8, 4) is 0 Å². The maximum Gasteiger partial charge on any atom is 0.315 e. The zero-order valence-corrected chi connectivity index (χ0v) is 12.3. The zero-order chi connectivity index (χ0) is 14.5. The number of rotatable bonds is 5. The van der Waals surface area contributed by atoms with Crippen LogP contribution in [-0.2, 0) is 5.60 Å². The maximum atomic E-state index is 11.6. The molecule has 0 saturated carbocycles. The Kier molecular flexibility index (Phi) is 5.63. The van der Waals surface area contributed by atoms with Gasteiger partial charge in [0.2, 0.25) is 0 Å². The number of carbonyl (C=O) groups is 1. The Bertz CT molecular complexity index is 418. The van der Waals surface area contributed by atoms with E-state index in [1.165, 1.54) is 0 Å². The molecule has 1 aromatic rings. The summed E-state index contributed by atoms with van der Waals surface area (Å²) in [6, 6.07) is 6.76. The molecule has 19 heavy (non-hydrogen) atoms. The van der Waals surface area contributed by atoms with Gasteiger partial charge in [0.05, 0.1) is 6.54 Å². The number of hydrogen-bond donors (Lipinski definition) is 3. The molecule has 0 aliphatic heterocycles. The Morgan fingerprint density at radius 3 is 2.53 bits per heavy atom. The van der Waals surface area contributed by atoms with Crippen molar-refractivity contribution in [2.45, 2.75) is 38.8 Å². The van der Waals surface area contributed by atoms with Gasteiger partial charge in [0.15, 0.2) is 0 Å². The van der Waals surface area contributed by atoms with Gasteiger partial charge in [0.1, 0.15) is 5.60 Å². The number of aliphatic hydroxyl groups is 1. The van der Waals surface area contributed by atoms with Crippen molar-refractivity contribution >= 4 is 17.6 Å².